The second kappa shape index (κ2) is 4.94. The van der Waals surface area contributed by atoms with Gasteiger partial charge in [0, 0.05) is 5.69 Å². The highest BCUT2D eigenvalue weighted by molar-refractivity contribution is 5.09. The first-order valence-corrected chi connectivity index (χ1v) is 4.11. The van der Waals surface area contributed by atoms with Gasteiger partial charge in [-0.2, -0.15) is 0 Å². The molecule has 0 aliphatic carbocycles. The molecule has 0 amide bonds. The molecule has 1 aromatic heterocycles. The van der Waals surface area contributed by atoms with Gasteiger partial charge in [0.15, 0.2) is 0 Å². The summed E-state index contributed by atoms with van der Waals surface area (Å²) in [5.74, 6) is 1.00. The first-order valence-electron chi connectivity index (χ1n) is 4.11. The van der Waals surface area contributed by atoms with Crippen LogP contribution in [0.2, 0.25) is 0 Å². The quantitative estimate of drug-likeness (QED) is 0.611. The molecule has 1 heterocycles. The van der Waals surface area contributed by atoms with Crippen molar-refractivity contribution in [2.75, 3.05) is 0 Å². The van der Waals surface area contributed by atoms with Gasteiger partial charge in [-0.15, -0.1) is 0 Å². The highest BCUT2D eigenvalue weighted by atomic mass is 14.9. The lowest BCUT2D eigenvalue weighted by Crippen LogP contribution is -1.71. The van der Waals surface area contributed by atoms with E-state index in [1.807, 2.05) is 20.8 Å². The number of hydrogen-bond donors (Lipinski definition) is 1. The Hall–Kier alpha value is -0.790. The minimum atomic E-state index is 1.00. The summed E-state index contributed by atoms with van der Waals surface area (Å²) in [6.45, 7) is 10.2. The number of nitrogens with zero attached hydrogens (tertiary/aromatic N) is 1. The molecule has 1 N–H and O–H groups in total. The van der Waals surface area contributed by atoms with Gasteiger partial charge in [-0.1, -0.05) is 20.3 Å². The van der Waals surface area contributed by atoms with Crippen molar-refractivity contribution >= 4 is 0 Å². The normalized spacial score (nSPS) is 8.82. The van der Waals surface area contributed by atoms with Crippen LogP contribution >= 0.6 is 0 Å². The van der Waals surface area contributed by atoms with Gasteiger partial charge in [0.25, 0.3) is 0 Å². The van der Waals surface area contributed by atoms with Gasteiger partial charge in [-0.05, 0) is 20.8 Å². The third-order valence-corrected chi connectivity index (χ3v) is 1.25. The Balaban J connectivity index is 0.000000292. The predicted molar refractivity (Wildman–Crippen MR) is 48.8 cm³/mol. The van der Waals surface area contributed by atoms with E-state index in [0.29, 0.717) is 0 Å². The summed E-state index contributed by atoms with van der Waals surface area (Å²) in [5, 5.41) is 0. The number of aryl methyl sites for hydroxylation is 3. The standard InChI is InChI=1S/C6H10N2.C3H8/c1-4-5(2)8-6(3)7-4;1-3-2/h1-3H3,(H,7,8);3H2,1-2H3. The molecule has 1 rings (SSSR count). The molecule has 0 aliphatic rings. The molecule has 64 valence electrons. The fourth-order valence-electron chi connectivity index (χ4n) is 0.725. The van der Waals surface area contributed by atoms with Crippen molar-refractivity contribution in [2.45, 2.75) is 41.0 Å². The average Bonchev–Trinajstić information content (AvgIpc) is 2.12. The molecule has 0 fully saturated rings. The fraction of sp³-hybridized carbons (Fsp3) is 0.667. The largest absolute Gasteiger partial charge is 0.346 e. The summed E-state index contributed by atoms with van der Waals surface area (Å²) in [4.78, 5) is 7.25. The van der Waals surface area contributed by atoms with Crippen LogP contribution in [-0.4, -0.2) is 9.97 Å². The second-order valence-electron chi connectivity index (χ2n) is 2.74. The number of H-pyrrole nitrogens is 1. The number of aromatic nitrogens is 2. The third kappa shape index (κ3) is 3.81. The molecule has 0 bridgehead atoms. The van der Waals surface area contributed by atoms with Crippen molar-refractivity contribution in [3.63, 3.8) is 0 Å². The number of nitrogens with one attached hydrogen (secondary N) is 1. The molecule has 0 radical (unpaired) electrons. The lowest BCUT2D eigenvalue weighted by Gasteiger charge is -1.79. The molecule has 0 atom stereocenters. The van der Waals surface area contributed by atoms with Gasteiger partial charge in [0.05, 0.1) is 5.69 Å². The van der Waals surface area contributed by atoms with E-state index in [4.69, 9.17) is 0 Å². The Morgan fingerprint density at radius 1 is 1.18 bits per heavy atom. The molecule has 1 aromatic rings. The molecule has 0 saturated heterocycles. The highest BCUT2D eigenvalue weighted by Crippen LogP contribution is 1.99. The molecule has 0 aromatic carbocycles. The molecule has 0 aliphatic heterocycles. The van der Waals surface area contributed by atoms with E-state index in [0.717, 1.165) is 11.5 Å². The van der Waals surface area contributed by atoms with Crippen molar-refractivity contribution in [1.29, 1.82) is 0 Å². The Labute approximate surface area is 69.1 Å². The fourth-order valence-corrected chi connectivity index (χ4v) is 0.725. The van der Waals surface area contributed by atoms with Gasteiger partial charge in [0.2, 0.25) is 0 Å². The van der Waals surface area contributed by atoms with Gasteiger partial charge >= 0.3 is 0 Å². The zero-order valence-electron chi connectivity index (χ0n) is 8.15. The van der Waals surface area contributed by atoms with E-state index in [-0.39, 0.29) is 0 Å². The summed E-state index contributed by atoms with van der Waals surface area (Å²) in [5.41, 5.74) is 2.27. The van der Waals surface area contributed by atoms with Crippen LogP contribution in [0, 0.1) is 20.8 Å². The van der Waals surface area contributed by atoms with E-state index in [2.05, 4.69) is 23.8 Å². The Morgan fingerprint density at radius 2 is 1.64 bits per heavy atom. The summed E-state index contributed by atoms with van der Waals surface area (Å²) < 4.78 is 0. The average molecular weight is 154 g/mol. The van der Waals surface area contributed by atoms with Crippen molar-refractivity contribution in [1.82, 2.24) is 9.97 Å². The number of aromatic amines is 1. The van der Waals surface area contributed by atoms with Gasteiger partial charge in [-0.25, -0.2) is 4.98 Å². The van der Waals surface area contributed by atoms with Gasteiger partial charge < -0.3 is 4.98 Å². The first-order chi connectivity index (χ1) is 5.11. The third-order valence-electron chi connectivity index (χ3n) is 1.25. The van der Waals surface area contributed by atoms with Crippen molar-refractivity contribution in [3.8, 4) is 0 Å². The van der Waals surface area contributed by atoms with Gasteiger partial charge in [-0.3, -0.25) is 0 Å². The Kier molecular flexibility index (Phi) is 4.59. The van der Waals surface area contributed by atoms with Crippen LogP contribution in [0.5, 0.6) is 0 Å². The van der Waals surface area contributed by atoms with Crippen LogP contribution in [-0.2, 0) is 0 Å². The minimum Gasteiger partial charge on any atom is -0.346 e. The SMILES string of the molecule is CCC.Cc1nc(C)c(C)[nH]1. The summed E-state index contributed by atoms with van der Waals surface area (Å²) in [6.07, 6.45) is 1.25. The van der Waals surface area contributed by atoms with Crippen molar-refractivity contribution in [2.24, 2.45) is 0 Å². The summed E-state index contributed by atoms with van der Waals surface area (Å²) in [6, 6.07) is 0. The monoisotopic (exact) mass is 154 g/mol. The molecule has 0 saturated carbocycles. The molecule has 2 heteroatoms. The molecule has 2 nitrogen and oxygen atoms in total. The maximum atomic E-state index is 4.16. The second-order valence-corrected chi connectivity index (χ2v) is 2.74. The van der Waals surface area contributed by atoms with Crippen LogP contribution in [0.25, 0.3) is 0 Å². The molecule has 11 heavy (non-hydrogen) atoms. The Bertz CT molecular complexity index is 182. The van der Waals surface area contributed by atoms with E-state index in [1.165, 1.54) is 12.1 Å². The number of hydrogen-bond acceptors (Lipinski definition) is 1. The van der Waals surface area contributed by atoms with Gasteiger partial charge in [0.1, 0.15) is 5.82 Å². The molecule has 0 unspecified atom stereocenters. The van der Waals surface area contributed by atoms with E-state index in [9.17, 15) is 0 Å². The topological polar surface area (TPSA) is 28.7 Å². The molecular formula is C9H18N2. The lowest BCUT2D eigenvalue weighted by atomic mass is 10.4. The van der Waals surface area contributed by atoms with E-state index >= 15 is 0 Å². The molecular weight excluding hydrogens is 136 g/mol. The zero-order chi connectivity index (χ0) is 8.85. The predicted octanol–water partition coefficient (Wildman–Crippen LogP) is 2.75. The summed E-state index contributed by atoms with van der Waals surface area (Å²) in [7, 11) is 0. The Morgan fingerprint density at radius 3 is 1.73 bits per heavy atom. The highest BCUT2D eigenvalue weighted by Gasteiger charge is 1.93. The first kappa shape index (κ1) is 10.2. The molecule has 0 spiro atoms. The van der Waals surface area contributed by atoms with Crippen LogP contribution in [0.4, 0.5) is 0 Å². The van der Waals surface area contributed by atoms with Crippen LogP contribution in [0.15, 0.2) is 0 Å². The maximum absolute atomic E-state index is 4.16. The van der Waals surface area contributed by atoms with Crippen molar-refractivity contribution < 1.29 is 0 Å². The maximum Gasteiger partial charge on any atom is 0.103 e. The van der Waals surface area contributed by atoms with Crippen LogP contribution in [0.3, 0.4) is 0 Å². The van der Waals surface area contributed by atoms with Crippen molar-refractivity contribution in [3.05, 3.63) is 17.2 Å². The smallest absolute Gasteiger partial charge is 0.103 e. The van der Waals surface area contributed by atoms with E-state index in [1.54, 1.807) is 0 Å². The zero-order valence-corrected chi connectivity index (χ0v) is 8.15. The summed E-state index contributed by atoms with van der Waals surface area (Å²) >= 11 is 0. The minimum absolute atomic E-state index is 1.00. The number of rotatable bonds is 0. The lowest BCUT2D eigenvalue weighted by molar-refractivity contribution is 1.09. The number of imidazole rings is 1. The van der Waals surface area contributed by atoms with E-state index < -0.39 is 0 Å². The van der Waals surface area contributed by atoms with Crippen LogP contribution in [0.1, 0.15) is 37.5 Å². The van der Waals surface area contributed by atoms with Crippen LogP contribution < -0.4 is 0 Å².